The van der Waals surface area contributed by atoms with Crippen molar-refractivity contribution < 1.29 is 14.3 Å². The van der Waals surface area contributed by atoms with Crippen molar-refractivity contribution in [3.8, 4) is 11.5 Å². The van der Waals surface area contributed by atoms with E-state index in [0.29, 0.717) is 19.8 Å². The summed E-state index contributed by atoms with van der Waals surface area (Å²) in [6.07, 6.45) is 3.53. The number of aryl methyl sites for hydroxylation is 2. The van der Waals surface area contributed by atoms with Crippen molar-refractivity contribution in [2.45, 2.75) is 40.5 Å². The zero-order valence-electron chi connectivity index (χ0n) is 14.7. The second-order valence-electron chi connectivity index (χ2n) is 5.50. The first-order chi connectivity index (χ1) is 11.4. The molecule has 0 atom stereocenters. The van der Waals surface area contributed by atoms with Crippen LogP contribution in [-0.4, -0.2) is 25.5 Å². The fourth-order valence-electron chi connectivity index (χ4n) is 2.11. The second-order valence-corrected chi connectivity index (χ2v) is 6.51. The number of rotatable bonds is 10. The van der Waals surface area contributed by atoms with E-state index >= 15 is 0 Å². The van der Waals surface area contributed by atoms with Crippen LogP contribution in [0.2, 0.25) is 0 Å². The van der Waals surface area contributed by atoms with Gasteiger partial charge < -0.3 is 14.3 Å². The predicted molar refractivity (Wildman–Crippen MR) is 101 cm³/mol. The van der Waals surface area contributed by atoms with Crippen LogP contribution in [0.4, 0.5) is 0 Å². The number of oxime groups is 1. The van der Waals surface area contributed by atoms with Gasteiger partial charge in [0.1, 0.15) is 29.2 Å². The molecule has 0 aliphatic rings. The van der Waals surface area contributed by atoms with Gasteiger partial charge in [0.25, 0.3) is 0 Å². The summed E-state index contributed by atoms with van der Waals surface area (Å²) in [6.45, 7) is 9.08. The molecule has 0 saturated heterocycles. The molecule has 1 aromatic carbocycles. The number of hydrogen-bond donors (Lipinski definition) is 0. The minimum Gasteiger partial charge on any atom is -0.489 e. The van der Waals surface area contributed by atoms with Gasteiger partial charge in [0.15, 0.2) is 6.61 Å². The quantitative estimate of drug-likeness (QED) is 0.311. The Balaban J connectivity index is 2.75. The third-order valence-electron chi connectivity index (χ3n) is 3.00. The summed E-state index contributed by atoms with van der Waals surface area (Å²) in [6, 6.07) is 3.94. The maximum absolute atomic E-state index is 5.90. The molecule has 0 N–H and O–H groups in total. The molecule has 134 valence electrons. The normalized spacial score (nSPS) is 10.1. The van der Waals surface area contributed by atoms with E-state index in [0.717, 1.165) is 41.2 Å². The SMILES string of the molecule is CCCc1cc(OCC=C(Cl)Cl)cc(C)c1OCCON=C(C)C. The summed E-state index contributed by atoms with van der Waals surface area (Å²) in [5.41, 5.74) is 3.01. The van der Waals surface area contributed by atoms with Crippen molar-refractivity contribution in [3.05, 3.63) is 33.8 Å². The molecule has 0 unspecified atom stereocenters. The Kier molecular flexibility index (Phi) is 9.65. The Morgan fingerprint density at radius 3 is 2.54 bits per heavy atom. The summed E-state index contributed by atoms with van der Waals surface area (Å²) in [5, 5.41) is 3.89. The Labute approximate surface area is 154 Å². The van der Waals surface area contributed by atoms with E-state index < -0.39 is 0 Å². The van der Waals surface area contributed by atoms with Gasteiger partial charge in [0, 0.05) is 0 Å². The number of benzene rings is 1. The molecule has 0 saturated carbocycles. The first-order valence-electron chi connectivity index (χ1n) is 7.97. The van der Waals surface area contributed by atoms with Gasteiger partial charge in [-0.2, -0.15) is 0 Å². The van der Waals surface area contributed by atoms with E-state index in [1.807, 2.05) is 32.9 Å². The van der Waals surface area contributed by atoms with Gasteiger partial charge in [-0.05, 0) is 56.5 Å². The molecule has 0 spiro atoms. The van der Waals surface area contributed by atoms with Gasteiger partial charge in [0.2, 0.25) is 0 Å². The van der Waals surface area contributed by atoms with Crippen molar-refractivity contribution >= 4 is 28.9 Å². The maximum Gasteiger partial charge on any atom is 0.151 e. The summed E-state index contributed by atoms with van der Waals surface area (Å²) in [4.78, 5) is 5.16. The standard InChI is InChI=1S/C18H25Cl2NO3/c1-5-6-15-12-16(22-8-7-17(19)20)11-14(4)18(15)23-9-10-24-21-13(2)3/h7,11-12H,5-6,8-10H2,1-4H3. The molecule has 24 heavy (non-hydrogen) atoms. The predicted octanol–water partition coefficient (Wildman–Crippen LogP) is 5.44. The lowest BCUT2D eigenvalue weighted by molar-refractivity contribution is 0.106. The summed E-state index contributed by atoms with van der Waals surface area (Å²) < 4.78 is 11.8. The van der Waals surface area contributed by atoms with Gasteiger partial charge in [-0.15, -0.1) is 0 Å². The van der Waals surface area contributed by atoms with Gasteiger partial charge in [-0.25, -0.2) is 0 Å². The minimum absolute atomic E-state index is 0.199. The first kappa shape index (κ1) is 20.7. The third-order valence-corrected chi connectivity index (χ3v) is 3.31. The maximum atomic E-state index is 5.90. The lowest BCUT2D eigenvalue weighted by Crippen LogP contribution is -2.08. The fraction of sp³-hybridized carbons (Fsp3) is 0.500. The van der Waals surface area contributed by atoms with E-state index in [-0.39, 0.29) is 4.49 Å². The van der Waals surface area contributed by atoms with Crippen LogP contribution in [0.5, 0.6) is 11.5 Å². The largest absolute Gasteiger partial charge is 0.489 e. The Morgan fingerprint density at radius 2 is 1.92 bits per heavy atom. The number of nitrogens with zero attached hydrogens (tertiary/aromatic N) is 1. The average Bonchev–Trinajstić information content (AvgIpc) is 2.48. The third kappa shape index (κ3) is 7.93. The molecule has 0 amide bonds. The molecule has 0 aliphatic heterocycles. The van der Waals surface area contributed by atoms with E-state index in [2.05, 4.69) is 12.1 Å². The van der Waals surface area contributed by atoms with Crippen LogP contribution in [0.15, 0.2) is 27.9 Å². The van der Waals surface area contributed by atoms with Gasteiger partial charge >= 0.3 is 0 Å². The van der Waals surface area contributed by atoms with Crippen molar-refractivity contribution in [1.82, 2.24) is 0 Å². The Hall–Kier alpha value is -1.39. The molecule has 0 heterocycles. The highest BCUT2D eigenvalue weighted by Gasteiger charge is 2.10. The summed E-state index contributed by atoms with van der Waals surface area (Å²) in [5.74, 6) is 1.66. The number of hydrogen-bond acceptors (Lipinski definition) is 4. The van der Waals surface area contributed by atoms with E-state index in [1.54, 1.807) is 6.08 Å². The van der Waals surface area contributed by atoms with Crippen LogP contribution in [0, 0.1) is 6.92 Å². The molecule has 0 fully saturated rings. The molecule has 4 nitrogen and oxygen atoms in total. The molecule has 1 aromatic rings. The highest BCUT2D eigenvalue weighted by Crippen LogP contribution is 2.30. The van der Waals surface area contributed by atoms with Gasteiger partial charge in [-0.3, -0.25) is 0 Å². The van der Waals surface area contributed by atoms with Crippen LogP contribution in [0.25, 0.3) is 0 Å². The fourth-order valence-corrected chi connectivity index (χ4v) is 2.24. The molecule has 6 heteroatoms. The van der Waals surface area contributed by atoms with Gasteiger partial charge in [-0.1, -0.05) is 41.7 Å². The Bertz CT molecular complexity index is 578. The number of halogens is 2. The minimum atomic E-state index is 0.199. The van der Waals surface area contributed by atoms with Crippen LogP contribution in [0.3, 0.4) is 0 Å². The molecule has 0 radical (unpaired) electrons. The lowest BCUT2D eigenvalue weighted by Gasteiger charge is -2.16. The molecule has 1 rings (SSSR count). The van der Waals surface area contributed by atoms with Crippen LogP contribution in [-0.2, 0) is 11.3 Å². The number of ether oxygens (including phenoxy) is 2. The Morgan fingerprint density at radius 1 is 1.17 bits per heavy atom. The molecule has 0 aromatic heterocycles. The van der Waals surface area contributed by atoms with E-state index in [9.17, 15) is 0 Å². The van der Waals surface area contributed by atoms with Crippen molar-refractivity contribution in [1.29, 1.82) is 0 Å². The van der Waals surface area contributed by atoms with Gasteiger partial charge in [0.05, 0.1) is 5.71 Å². The van der Waals surface area contributed by atoms with Crippen LogP contribution >= 0.6 is 23.2 Å². The molecular weight excluding hydrogens is 349 g/mol. The summed E-state index contributed by atoms with van der Waals surface area (Å²) in [7, 11) is 0. The zero-order valence-corrected chi connectivity index (χ0v) is 16.2. The highest BCUT2D eigenvalue weighted by atomic mass is 35.5. The second kappa shape index (κ2) is 11.2. The topological polar surface area (TPSA) is 40.0 Å². The zero-order chi connectivity index (χ0) is 17.9. The molecular formula is C18H25Cl2NO3. The lowest BCUT2D eigenvalue weighted by atomic mass is 10.0. The molecule has 0 aliphatic carbocycles. The van der Waals surface area contributed by atoms with Crippen LogP contribution < -0.4 is 9.47 Å². The van der Waals surface area contributed by atoms with E-state index in [4.69, 9.17) is 37.5 Å². The smallest absolute Gasteiger partial charge is 0.151 e. The van der Waals surface area contributed by atoms with E-state index in [1.165, 1.54) is 0 Å². The first-order valence-corrected chi connectivity index (χ1v) is 8.73. The van der Waals surface area contributed by atoms with Crippen molar-refractivity contribution in [2.75, 3.05) is 19.8 Å². The van der Waals surface area contributed by atoms with Crippen molar-refractivity contribution in [2.24, 2.45) is 5.16 Å². The highest BCUT2D eigenvalue weighted by molar-refractivity contribution is 6.55. The summed E-state index contributed by atoms with van der Waals surface area (Å²) >= 11 is 11.2. The van der Waals surface area contributed by atoms with Crippen LogP contribution in [0.1, 0.15) is 38.3 Å². The monoisotopic (exact) mass is 373 g/mol. The molecule has 0 bridgehead atoms. The average molecular weight is 374 g/mol. The van der Waals surface area contributed by atoms with Crippen molar-refractivity contribution in [3.63, 3.8) is 0 Å².